The summed E-state index contributed by atoms with van der Waals surface area (Å²) < 4.78 is 21.5. The van der Waals surface area contributed by atoms with Gasteiger partial charge in [0.2, 0.25) is 5.91 Å². The van der Waals surface area contributed by atoms with Crippen LogP contribution in [-0.4, -0.2) is 63.8 Å². The Bertz CT molecular complexity index is 918. The van der Waals surface area contributed by atoms with E-state index < -0.39 is 6.09 Å². The Hall–Kier alpha value is -3.02. The maximum atomic E-state index is 12.1. The summed E-state index contributed by atoms with van der Waals surface area (Å²) in [6.45, 7) is 9.72. The summed E-state index contributed by atoms with van der Waals surface area (Å²) in [5.74, 6) is -0.140. The molecule has 0 aromatic heterocycles. The van der Waals surface area contributed by atoms with E-state index in [4.69, 9.17) is 23.8 Å². The van der Waals surface area contributed by atoms with Gasteiger partial charge in [0.1, 0.15) is 6.61 Å². The van der Waals surface area contributed by atoms with E-state index in [0.717, 1.165) is 11.1 Å². The fourth-order valence-corrected chi connectivity index (χ4v) is 2.97. The molecule has 2 aromatic rings. The van der Waals surface area contributed by atoms with Crippen LogP contribution in [0.2, 0.25) is 0 Å². The molecule has 0 spiro atoms. The van der Waals surface area contributed by atoms with Gasteiger partial charge < -0.3 is 29.6 Å². The highest BCUT2D eigenvalue weighted by Gasteiger charge is 2.09. The predicted molar refractivity (Wildman–Crippen MR) is 144 cm³/mol. The van der Waals surface area contributed by atoms with Crippen molar-refractivity contribution >= 4 is 17.7 Å². The van der Waals surface area contributed by atoms with E-state index in [2.05, 4.69) is 16.1 Å². The first-order chi connectivity index (χ1) is 18.3. The third kappa shape index (κ3) is 16.0. The topological polar surface area (TPSA) is 116 Å². The van der Waals surface area contributed by atoms with Gasteiger partial charge in [-0.2, -0.15) is 5.48 Å². The van der Waals surface area contributed by atoms with Crippen molar-refractivity contribution in [3.8, 4) is 0 Å². The molecule has 0 heterocycles. The number of hydrogen-bond acceptors (Lipinski definition) is 8. The van der Waals surface area contributed by atoms with Crippen LogP contribution in [-0.2, 0) is 41.7 Å². The van der Waals surface area contributed by atoms with Crippen LogP contribution in [0.15, 0.2) is 54.6 Å². The minimum absolute atomic E-state index is 0.140. The molecule has 0 aliphatic heterocycles. The van der Waals surface area contributed by atoms with Crippen LogP contribution in [0.1, 0.15) is 38.3 Å². The van der Waals surface area contributed by atoms with Crippen molar-refractivity contribution in [2.24, 2.45) is 0 Å². The van der Waals surface area contributed by atoms with Crippen molar-refractivity contribution < 1.29 is 33.4 Å². The van der Waals surface area contributed by atoms with Gasteiger partial charge in [-0.3, -0.25) is 9.63 Å². The molecule has 0 aliphatic rings. The summed E-state index contributed by atoms with van der Waals surface area (Å²) in [7, 11) is 0. The second-order valence-electron chi connectivity index (χ2n) is 9.36. The molecule has 210 valence electrons. The van der Waals surface area contributed by atoms with Gasteiger partial charge in [-0.25, -0.2) is 4.79 Å². The number of hydrogen-bond donors (Lipinski definition) is 3. The van der Waals surface area contributed by atoms with Gasteiger partial charge in [-0.15, -0.1) is 0 Å². The summed E-state index contributed by atoms with van der Waals surface area (Å²) in [6.07, 6.45) is -0.247. The Morgan fingerprint density at radius 2 is 1.39 bits per heavy atom. The molecule has 0 aliphatic carbocycles. The molecule has 0 atom stereocenters. The number of amides is 2. The molecule has 0 unspecified atom stereocenters. The summed E-state index contributed by atoms with van der Waals surface area (Å²) in [5, 5.41) is 5.54. The molecule has 0 fully saturated rings. The Morgan fingerprint density at radius 1 is 0.763 bits per heavy atom. The molecule has 0 saturated carbocycles. The first-order valence-electron chi connectivity index (χ1n) is 12.8. The van der Waals surface area contributed by atoms with Gasteiger partial charge >= 0.3 is 6.09 Å². The van der Waals surface area contributed by atoms with Crippen LogP contribution in [0.3, 0.4) is 0 Å². The van der Waals surface area contributed by atoms with Gasteiger partial charge in [0, 0.05) is 18.8 Å². The number of carbonyl (C=O) groups is 2. The molecule has 0 radical (unpaired) electrons. The largest absolute Gasteiger partial charge is 0.445 e. The molecule has 10 heteroatoms. The first-order valence-corrected chi connectivity index (χ1v) is 12.8. The van der Waals surface area contributed by atoms with Crippen molar-refractivity contribution in [2.45, 2.75) is 45.9 Å². The highest BCUT2D eigenvalue weighted by atomic mass is 16.7. The molecule has 2 amide bonds. The van der Waals surface area contributed by atoms with Gasteiger partial charge in [0.15, 0.2) is 0 Å². The summed E-state index contributed by atoms with van der Waals surface area (Å²) >= 11 is 0. The zero-order valence-corrected chi connectivity index (χ0v) is 22.6. The van der Waals surface area contributed by atoms with Gasteiger partial charge in [-0.05, 0) is 44.0 Å². The number of anilines is 1. The molecule has 0 bridgehead atoms. The Balaban J connectivity index is 1.44. The Labute approximate surface area is 225 Å². The van der Waals surface area contributed by atoms with E-state index in [1.807, 2.05) is 63.2 Å². The van der Waals surface area contributed by atoms with Crippen LogP contribution in [0.5, 0.6) is 0 Å². The van der Waals surface area contributed by atoms with E-state index >= 15 is 0 Å². The lowest BCUT2D eigenvalue weighted by atomic mass is 10.2. The lowest BCUT2D eigenvalue weighted by Gasteiger charge is -2.19. The van der Waals surface area contributed by atoms with E-state index in [9.17, 15) is 9.59 Å². The minimum Gasteiger partial charge on any atom is -0.445 e. The standard InChI is InChI=1S/C28H41N3O7/c1-28(2,3)38-30-14-16-35-18-20-36-19-17-34-15-13-26(32)31-25-11-9-23(10-12-25)21-29-27(33)37-22-24-7-5-4-6-8-24/h4-12,30H,13-22H2,1-3H3,(H,29,33)(H,31,32). The summed E-state index contributed by atoms with van der Waals surface area (Å²) in [5.41, 5.74) is 5.12. The number of carbonyl (C=O) groups excluding carboxylic acids is 2. The van der Waals surface area contributed by atoms with Gasteiger partial charge in [0.05, 0.1) is 51.7 Å². The van der Waals surface area contributed by atoms with Crippen LogP contribution >= 0.6 is 0 Å². The molecule has 10 nitrogen and oxygen atoms in total. The highest BCUT2D eigenvalue weighted by molar-refractivity contribution is 5.90. The number of hydroxylamine groups is 1. The quantitative estimate of drug-likeness (QED) is 0.196. The third-order valence-electron chi connectivity index (χ3n) is 4.83. The first kappa shape index (κ1) is 31.2. The lowest BCUT2D eigenvalue weighted by Crippen LogP contribution is -2.31. The molecule has 2 aromatic carbocycles. The second-order valence-corrected chi connectivity index (χ2v) is 9.36. The smallest absolute Gasteiger partial charge is 0.407 e. The number of alkyl carbamates (subject to hydrolysis) is 1. The van der Waals surface area contributed by atoms with Crippen molar-refractivity contribution in [2.75, 3.05) is 51.5 Å². The Kier molecular flexibility index (Phi) is 15.0. The minimum atomic E-state index is -0.486. The van der Waals surface area contributed by atoms with E-state index in [-0.39, 0.29) is 24.5 Å². The van der Waals surface area contributed by atoms with Crippen LogP contribution < -0.4 is 16.1 Å². The second kappa shape index (κ2) is 18.3. The summed E-state index contributed by atoms with van der Waals surface area (Å²) in [6, 6.07) is 16.7. The molecular formula is C28H41N3O7. The average molecular weight is 532 g/mol. The molecule has 3 N–H and O–H groups in total. The van der Waals surface area contributed by atoms with Crippen molar-refractivity contribution in [3.05, 3.63) is 65.7 Å². The SMILES string of the molecule is CC(C)(C)ONCCOCCOCCOCCC(=O)Nc1ccc(CNC(=O)OCc2ccccc2)cc1. The normalized spacial score (nSPS) is 11.2. The van der Waals surface area contributed by atoms with Crippen molar-refractivity contribution in [3.63, 3.8) is 0 Å². The van der Waals surface area contributed by atoms with Gasteiger partial charge in [-0.1, -0.05) is 42.5 Å². The molecule has 38 heavy (non-hydrogen) atoms. The van der Waals surface area contributed by atoms with E-state index in [1.165, 1.54) is 0 Å². The zero-order chi connectivity index (χ0) is 27.5. The fourth-order valence-electron chi connectivity index (χ4n) is 2.97. The molecule has 2 rings (SSSR count). The third-order valence-corrected chi connectivity index (χ3v) is 4.83. The van der Waals surface area contributed by atoms with Crippen LogP contribution in [0, 0.1) is 0 Å². The Morgan fingerprint density at radius 3 is 2.05 bits per heavy atom. The molecule has 0 saturated heterocycles. The monoisotopic (exact) mass is 531 g/mol. The lowest BCUT2D eigenvalue weighted by molar-refractivity contribution is -0.117. The number of rotatable bonds is 18. The zero-order valence-electron chi connectivity index (χ0n) is 22.6. The van der Waals surface area contributed by atoms with Crippen LogP contribution in [0.25, 0.3) is 0 Å². The van der Waals surface area contributed by atoms with Crippen molar-refractivity contribution in [1.29, 1.82) is 0 Å². The van der Waals surface area contributed by atoms with Crippen molar-refractivity contribution in [1.82, 2.24) is 10.8 Å². The van der Waals surface area contributed by atoms with E-state index in [0.29, 0.717) is 58.4 Å². The van der Waals surface area contributed by atoms with E-state index in [1.54, 1.807) is 12.1 Å². The predicted octanol–water partition coefficient (Wildman–Crippen LogP) is 3.81. The number of benzene rings is 2. The average Bonchev–Trinajstić information content (AvgIpc) is 2.89. The van der Waals surface area contributed by atoms with Gasteiger partial charge in [0.25, 0.3) is 0 Å². The number of ether oxygens (including phenoxy) is 4. The fraction of sp³-hybridized carbons (Fsp3) is 0.500. The maximum Gasteiger partial charge on any atom is 0.407 e. The highest BCUT2D eigenvalue weighted by Crippen LogP contribution is 2.10. The molecular weight excluding hydrogens is 490 g/mol. The number of nitrogens with one attached hydrogen (secondary N) is 3. The summed E-state index contributed by atoms with van der Waals surface area (Å²) in [4.78, 5) is 29.4. The van der Waals surface area contributed by atoms with Crippen LogP contribution in [0.4, 0.5) is 10.5 Å². The maximum absolute atomic E-state index is 12.1.